The van der Waals surface area contributed by atoms with Crippen molar-refractivity contribution in [2.24, 2.45) is 0 Å². The Labute approximate surface area is 158 Å². The lowest BCUT2D eigenvalue weighted by atomic mass is 9.91. The number of allylic oxidation sites excluding steroid dienone is 1. The summed E-state index contributed by atoms with van der Waals surface area (Å²) in [4.78, 5) is 10.6. The fourth-order valence-corrected chi connectivity index (χ4v) is 3.15. The van der Waals surface area contributed by atoms with E-state index in [0.717, 1.165) is 16.7 Å². The number of hydrogen-bond donors (Lipinski definition) is 3. The minimum atomic E-state index is -0.883. The van der Waals surface area contributed by atoms with Crippen LogP contribution in [-0.4, -0.2) is 21.3 Å². The summed E-state index contributed by atoms with van der Waals surface area (Å²) in [6.45, 7) is 5.45. The molecule has 2 aromatic rings. The zero-order valence-corrected chi connectivity index (χ0v) is 15.8. The Morgan fingerprint density at radius 1 is 0.926 bits per heavy atom. The van der Waals surface area contributed by atoms with Crippen LogP contribution in [-0.2, 0) is 4.79 Å². The maximum Gasteiger partial charge on any atom is 0.303 e. The fraction of sp³-hybridized carbons (Fsp3) is 0.318. The van der Waals surface area contributed by atoms with Gasteiger partial charge in [-0.05, 0) is 68.0 Å². The number of aliphatic hydroxyl groups excluding tert-OH is 2. The highest BCUT2D eigenvalue weighted by molar-refractivity contribution is 5.81. The zero-order chi connectivity index (χ0) is 20.1. The van der Waals surface area contributed by atoms with Crippen molar-refractivity contribution in [3.8, 4) is 11.1 Å². The van der Waals surface area contributed by atoms with Crippen LogP contribution in [0, 0.1) is 26.6 Å². The molecule has 3 N–H and O–H groups in total. The van der Waals surface area contributed by atoms with Crippen LogP contribution in [0.15, 0.2) is 36.1 Å². The SMILES string of the molecule is Cc1cc(C)c(/C(O)=C(\O)CCCCC(=O)O)c(-c2ccc(F)c(C)c2)c1. The van der Waals surface area contributed by atoms with Gasteiger partial charge in [-0.15, -0.1) is 0 Å². The van der Waals surface area contributed by atoms with Gasteiger partial charge in [-0.3, -0.25) is 4.79 Å². The summed E-state index contributed by atoms with van der Waals surface area (Å²) in [5, 5.41) is 29.7. The third kappa shape index (κ3) is 5.09. The van der Waals surface area contributed by atoms with Crippen LogP contribution >= 0.6 is 0 Å². The zero-order valence-electron chi connectivity index (χ0n) is 15.8. The number of carboxylic acids is 1. The normalized spacial score (nSPS) is 12.0. The number of aryl methyl sites for hydroxylation is 3. The van der Waals surface area contributed by atoms with E-state index in [9.17, 15) is 19.4 Å². The van der Waals surface area contributed by atoms with Gasteiger partial charge in [0.1, 0.15) is 11.6 Å². The van der Waals surface area contributed by atoms with Gasteiger partial charge >= 0.3 is 5.97 Å². The molecule has 0 fully saturated rings. The molecular weight excluding hydrogens is 347 g/mol. The van der Waals surface area contributed by atoms with Crippen LogP contribution in [0.4, 0.5) is 4.39 Å². The molecule has 27 heavy (non-hydrogen) atoms. The Morgan fingerprint density at radius 3 is 2.22 bits per heavy atom. The van der Waals surface area contributed by atoms with Crippen LogP contribution in [0.3, 0.4) is 0 Å². The first-order valence-corrected chi connectivity index (χ1v) is 8.91. The molecule has 0 atom stereocenters. The van der Waals surface area contributed by atoms with E-state index >= 15 is 0 Å². The Kier molecular flexibility index (Phi) is 6.61. The molecule has 0 unspecified atom stereocenters. The lowest BCUT2D eigenvalue weighted by Gasteiger charge is -2.16. The maximum absolute atomic E-state index is 13.6. The monoisotopic (exact) mass is 372 g/mol. The van der Waals surface area contributed by atoms with E-state index < -0.39 is 5.97 Å². The Balaban J connectivity index is 2.44. The summed E-state index contributed by atoms with van der Waals surface area (Å²) in [6.07, 6.45) is 1.09. The van der Waals surface area contributed by atoms with E-state index in [4.69, 9.17) is 5.11 Å². The second-order valence-electron chi connectivity index (χ2n) is 6.86. The van der Waals surface area contributed by atoms with E-state index in [1.807, 2.05) is 26.0 Å². The predicted octanol–water partition coefficient (Wildman–Crippen LogP) is 5.85. The topological polar surface area (TPSA) is 77.8 Å². The van der Waals surface area contributed by atoms with Gasteiger partial charge in [0.05, 0.1) is 0 Å². The van der Waals surface area contributed by atoms with Crippen molar-refractivity contribution < 1.29 is 24.5 Å². The molecule has 0 radical (unpaired) electrons. The lowest BCUT2D eigenvalue weighted by molar-refractivity contribution is -0.137. The predicted molar refractivity (Wildman–Crippen MR) is 104 cm³/mol. The highest BCUT2D eigenvalue weighted by atomic mass is 19.1. The summed E-state index contributed by atoms with van der Waals surface area (Å²) in [6, 6.07) is 8.55. The summed E-state index contributed by atoms with van der Waals surface area (Å²) in [5.74, 6) is -1.58. The van der Waals surface area contributed by atoms with E-state index in [1.165, 1.54) is 6.07 Å². The standard InChI is InChI=1S/C22H25FO4/c1-13-10-15(3)21(22(27)19(24)6-4-5-7-20(25)26)17(11-13)16-8-9-18(23)14(2)12-16/h8-12,24,27H,4-7H2,1-3H3,(H,25,26)/b22-19+. The number of carboxylic acid groups (broad SMARTS) is 1. The smallest absolute Gasteiger partial charge is 0.303 e. The molecule has 0 amide bonds. The molecule has 2 aromatic carbocycles. The second-order valence-corrected chi connectivity index (χ2v) is 6.86. The van der Waals surface area contributed by atoms with E-state index in [1.54, 1.807) is 19.1 Å². The molecule has 144 valence electrons. The molecule has 0 bridgehead atoms. The summed E-state index contributed by atoms with van der Waals surface area (Å²) in [5.41, 5.74) is 4.25. The first kappa shape index (κ1) is 20.5. The minimum absolute atomic E-state index is 0.0255. The molecule has 0 saturated carbocycles. The third-order valence-corrected chi connectivity index (χ3v) is 4.51. The molecule has 0 aliphatic heterocycles. The second kappa shape index (κ2) is 8.71. The number of aliphatic carboxylic acids is 1. The molecule has 2 rings (SSSR count). The number of rotatable bonds is 7. The average molecular weight is 372 g/mol. The Bertz CT molecular complexity index is 884. The third-order valence-electron chi connectivity index (χ3n) is 4.51. The number of benzene rings is 2. The van der Waals surface area contributed by atoms with E-state index in [-0.39, 0.29) is 30.2 Å². The van der Waals surface area contributed by atoms with Crippen molar-refractivity contribution in [3.63, 3.8) is 0 Å². The lowest BCUT2D eigenvalue weighted by Crippen LogP contribution is -2.00. The van der Waals surface area contributed by atoms with Crippen molar-refractivity contribution in [2.75, 3.05) is 0 Å². The number of carbonyl (C=O) groups is 1. The van der Waals surface area contributed by atoms with Gasteiger partial charge in [0.15, 0.2) is 5.76 Å². The summed E-state index contributed by atoms with van der Waals surface area (Å²) in [7, 11) is 0. The number of halogens is 1. The molecule has 0 aliphatic carbocycles. The molecule has 0 heterocycles. The summed E-state index contributed by atoms with van der Waals surface area (Å²) >= 11 is 0. The fourth-order valence-electron chi connectivity index (χ4n) is 3.15. The maximum atomic E-state index is 13.6. The van der Waals surface area contributed by atoms with Crippen LogP contribution in [0.5, 0.6) is 0 Å². The Morgan fingerprint density at radius 2 is 1.59 bits per heavy atom. The van der Waals surface area contributed by atoms with Gasteiger partial charge in [-0.25, -0.2) is 4.39 Å². The van der Waals surface area contributed by atoms with Crippen molar-refractivity contribution in [1.29, 1.82) is 0 Å². The molecule has 0 saturated heterocycles. The highest BCUT2D eigenvalue weighted by Crippen LogP contribution is 2.34. The molecule has 4 nitrogen and oxygen atoms in total. The van der Waals surface area contributed by atoms with Gasteiger partial charge < -0.3 is 15.3 Å². The first-order chi connectivity index (χ1) is 12.7. The van der Waals surface area contributed by atoms with Crippen LogP contribution < -0.4 is 0 Å². The molecule has 0 spiro atoms. The van der Waals surface area contributed by atoms with Crippen LogP contribution in [0.1, 0.15) is 47.9 Å². The molecule has 0 aliphatic rings. The Hall–Kier alpha value is -2.82. The van der Waals surface area contributed by atoms with Gasteiger partial charge in [-0.2, -0.15) is 0 Å². The van der Waals surface area contributed by atoms with Crippen molar-refractivity contribution in [1.82, 2.24) is 0 Å². The van der Waals surface area contributed by atoms with Crippen molar-refractivity contribution >= 4 is 11.7 Å². The van der Waals surface area contributed by atoms with Gasteiger partial charge in [-0.1, -0.05) is 23.8 Å². The highest BCUT2D eigenvalue weighted by Gasteiger charge is 2.17. The first-order valence-electron chi connectivity index (χ1n) is 8.91. The largest absolute Gasteiger partial charge is 0.508 e. The molecule has 0 aromatic heterocycles. The number of aliphatic hydroxyl groups is 2. The van der Waals surface area contributed by atoms with Gasteiger partial charge in [0, 0.05) is 18.4 Å². The van der Waals surface area contributed by atoms with Crippen LogP contribution in [0.2, 0.25) is 0 Å². The molecular formula is C22H25FO4. The van der Waals surface area contributed by atoms with E-state index in [2.05, 4.69) is 0 Å². The minimum Gasteiger partial charge on any atom is -0.508 e. The number of hydrogen-bond acceptors (Lipinski definition) is 3. The van der Waals surface area contributed by atoms with Crippen molar-refractivity contribution in [3.05, 3.63) is 64.2 Å². The van der Waals surface area contributed by atoms with Crippen LogP contribution in [0.25, 0.3) is 16.9 Å². The number of unbranched alkanes of at least 4 members (excludes halogenated alkanes) is 1. The van der Waals surface area contributed by atoms with Gasteiger partial charge in [0.25, 0.3) is 0 Å². The van der Waals surface area contributed by atoms with Crippen molar-refractivity contribution in [2.45, 2.75) is 46.5 Å². The quantitative estimate of drug-likeness (QED) is 0.421. The molecule has 5 heteroatoms. The van der Waals surface area contributed by atoms with E-state index in [0.29, 0.717) is 29.5 Å². The average Bonchev–Trinajstić information content (AvgIpc) is 2.59. The summed E-state index contributed by atoms with van der Waals surface area (Å²) < 4.78 is 13.6. The van der Waals surface area contributed by atoms with Gasteiger partial charge in [0.2, 0.25) is 0 Å².